The molecule has 0 amide bonds. The maximum Gasteiger partial charge on any atom is 0.119 e. The number of nitrogens with one attached hydrogen (secondary N) is 1. The Morgan fingerprint density at radius 3 is 2.28 bits per heavy atom. The third kappa shape index (κ3) is 5.09. The summed E-state index contributed by atoms with van der Waals surface area (Å²) in [7, 11) is 0. The van der Waals surface area contributed by atoms with Crippen LogP contribution in [0.5, 0.6) is 5.75 Å². The van der Waals surface area contributed by atoms with Gasteiger partial charge in [0.05, 0.1) is 0 Å². The van der Waals surface area contributed by atoms with Gasteiger partial charge in [0.25, 0.3) is 0 Å². The lowest BCUT2D eigenvalue weighted by molar-refractivity contribution is 0.209. The monoisotopic (exact) mass is 249 g/mol. The van der Waals surface area contributed by atoms with E-state index in [1.165, 1.54) is 19.3 Å². The summed E-state index contributed by atoms with van der Waals surface area (Å²) in [5.74, 6) is 1.66. The molecule has 1 aromatic carbocycles. The Labute approximate surface area is 112 Å². The van der Waals surface area contributed by atoms with Crippen LogP contribution in [0.25, 0.3) is 0 Å². The minimum Gasteiger partial charge on any atom is -0.492 e. The third-order valence-electron chi connectivity index (χ3n) is 3.45. The Morgan fingerprint density at radius 1 is 1.06 bits per heavy atom. The summed E-state index contributed by atoms with van der Waals surface area (Å²) in [6.45, 7) is 8.55. The normalized spacial score (nSPS) is 12.7. The van der Waals surface area contributed by atoms with Gasteiger partial charge in [0, 0.05) is 6.04 Å². The second-order valence-electron chi connectivity index (χ2n) is 4.76. The maximum absolute atomic E-state index is 5.89. The van der Waals surface area contributed by atoms with Crippen molar-refractivity contribution in [2.75, 3.05) is 13.2 Å². The predicted molar refractivity (Wildman–Crippen MR) is 78.1 cm³/mol. The van der Waals surface area contributed by atoms with Gasteiger partial charge in [0.1, 0.15) is 12.4 Å². The van der Waals surface area contributed by atoms with E-state index in [-0.39, 0.29) is 0 Å². The van der Waals surface area contributed by atoms with E-state index >= 15 is 0 Å². The molecule has 0 aliphatic carbocycles. The maximum atomic E-state index is 5.89. The van der Waals surface area contributed by atoms with Crippen molar-refractivity contribution in [1.29, 1.82) is 0 Å². The number of ether oxygens (including phenoxy) is 1. The molecule has 0 aliphatic rings. The van der Waals surface area contributed by atoms with Gasteiger partial charge in [-0.3, -0.25) is 0 Å². The number of rotatable bonds is 9. The highest BCUT2D eigenvalue weighted by molar-refractivity contribution is 5.20. The molecule has 2 heteroatoms. The summed E-state index contributed by atoms with van der Waals surface area (Å²) in [5.41, 5.74) is 0. The minimum atomic E-state index is 0.458. The molecule has 0 heterocycles. The lowest BCUT2D eigenvalue weighted by Gasteiger charge is -2.26. The van der Waals surface area contributed by atoms with Crippen molar-refractivity contribution in [1.82, 2.24) is 5.32 Å². The molecule has 1 atom stereocenters. The summed E-state index contributed by atoms with van der Waals surface area (Å²) in [5, 5.41) is 3.62. The Morgan fingerprint density at radius 2 is 1.72 bits per heavy atom. The molecular weight excluding hydrogens is 222 g/mol. The van der Waals surface area contributed by atoms with Crippen molar-refractivity contribution in [3.63, 3.8) is 0 Å². The number of benzene rings is 1. The van der Waals surface area contributed by atoms with E-state index in [1.807, 2.05) is 30.3 Å². The molecule has 0 aliphatic heterocycles. The van der Waals surface area contributed by atoms with Crippen molar-refractivity contribution in [2.24, 2.45) is 5.92 Å². The van der Waals surface area contributed by atoms with E-state index in [2.05, 4.69) is 26.1 Å². The van der Waals surface area contributed by atoms with Gasteiger partial charge in [-0.1, -0.05) is 51.8 Å². The number of para-hydroxylation sites is 1. The fourth-order valence-corrected chi connectivity index (χ4v) is 2.25. The van der Waals surface area contributed by atoms with Crippen molar-refractivity contribution in [3.05, 3.63) is 30.3 Å². The van der Waals surface area contributed by atoms with Crippen molar-refractivity contribution in [3.8, 4) is 5.75 Å². The van der Waals surface area contributed by atoms with Gasteiger partial charge in [-0.25, -0.2) is 0 Å². The highest BCUT2D eigenvalue weighted by atomic mass is 16.5. The summed E-state index contributed by atoms with van der Waals surface area (Å²) >= 11 is 0. The van der Waals surface area contributed by atoms with Crippen LogP contribution in [0.1, 0.15) is 40.0 Å². The fraction of sp³-hybridized carbons (Fsp3) is 0.625. The van der Waals surface area contributed by atoms with Crippen molar-refractivity contribution >= 4 is 0 Å². The van der Waals surface area contributed by atoms with Crippen LogP contribution in [0.3, 0.4) is 0 Å². The first-order valence-electron chi connectivity index (χ1n) is 7.23. The van der Waals surface area contributed by atoms with Crippen molar-refractivity contribution in [2.45, 2.75) is 46.1 Å². The van der Waals surface area contributed by atoms with Gasteiger partial charge in [-0.15, -0.1) is 0 Å². The standard InChI is InChI=1S/C16H27NO/c1-4-12-17-16(14(5-2)6-3)13-18-15-10-8-7-9-11-15/h7-11,14,16-17H,4-6,12-13H2,1-3H3. The Hall–Kier alpha value is -1.02. The third-order valence-corrected chi connectivity index (χ3v) is 3.45. The SMILES string of the molecule is CCCNC(COc1ccccc1)C(CC)CC. The van der Waals surface area contributed by atoms with Crippen molar-refractivity contribution < 1.29 is 4.74 Å². The highest BCUT2D eigenvalue weighted by Gasteiger charge is 2.18. The molecule has 0 fully saturated rings. The largest absolute Gasteiger partial charge is 0.492 e. The number of hydrogen-bond donors (Lipinski definition) is 1. The quantitative estimate of drug-likeness (QED) is 0.717. The molecule has 18 heavy (non-hydrogen) atoms. The van der Waals surface area contributed by atoms with E-state index in [4.69, 9.17) is 4.74 Å². The van der Waals surface area contributed by atoms with Crippen LogP contribution in [0.4, 0.5) is 0 Å². The topological polar surface area (TPSA) is 21.3 Å². The molecule has 1 unspecified atom stereocenters. The van der Waals surface area contributed by atoms with Gasteiger partial charge in [-0.2, -0.15) is 0 Å². The summed E-state index contributed by atoms with van der Waals surface area (Å²) in [4.78, 5) is 0. The van der Waals surface area contributed by atoms with E-state index in [0.29, 0.717) is 12.0 Å². The zero-order valence-electron chi connectivity index (χ0n) is 12.0. The highest BCUT2D eigenvalue weighted by Crippen LogP contribution is 2.16. The molecule has 0 spiro atoms. The summed E-state index contributed by atoms with van der Waals surface area (Å²) in [6.07, 6.45) is 3.58. The molecule has 0 bridgehead atoms. The lowest BCUT2D eigenvalue weighted by Crippen LogP contribution is -2.41. The van der Waals surface area contributed by atoms with Crippen LogP contribution < -0.4 is 10.1 Å². The molecule has 0 saturated carbocycles. The van der Waals surface area contributed by atoms with Gasteiger partial charge in [-0.05, 0) is 31.0 Å². The van der Waals surface area contributed by atoms with Crippen LogP contribution in [0.15, 0.2) is 30.3 Å². The average Bonchev–Trinajstić information content (AvgIpc) is 2.43. The average molecular weight is 249 g/mol. The smallest absolute Gasteiger partial charge is 0.119 e. The molecule has 102 valence electrons. The first-order valence-corrected chi connectivity index (χ1v) is 7.23. The zero-order chi connectivity index (χ0) is 13.2. The van der Waals surface area contributed by atoms with Crippen LogP contribution >= 0.6 is 0 Å². The first kappa shape index (κ1) is 15.0. The molecule has 1 rings (SSSR count). The minimum absolute atomic E-state index is 0.458. The van der Waals surface area contributed by atoms with Crippen LogP contribution in [-0.2, 0) is 0 Å². The fourth-order valence-electron chi connectivity index (χ4n) is 2.25. The van der Waals surface area contributed by atoms with Gasteiger partial charge in [0.15, 0.2) is 0 Å². The molecule has 0 saturated heterocycles. The molecule has 1 aromatic rings. The Bertz CT molecular complexity index is 295. The Balaban J connectivity index is 2.49. The molecule has 0 radical (unpaired) electrons. The van der Waals surface area contributed by atoms with Gasteiger partial charge >= 0.3 is 0 Å². The van der Waals surface area contributed by atoms with Crippen LogP contribution in [0.2, 0.25) is 0 Å². The Kier molecular flexibility index (Phi) is 7.51. The van der Waals surface area contributed by atoms with Gasteiger partial charge < -0.3 is 10.1 Å². The van der Waals surface area contributed by atoms with E-state index in [1.54, 1.807) is 0 Å². The molecule has 2 nitrogen and oxygen atoms in total. The first-order chi connectivity index (χ1) is 8.81. The lowest BCUT2D eigenvalue weighted by atomic mass is 9.94. The number of hydrogen-bond acceptors (Lipinski definition) is 2. The second-order valence-corrected chi connectivity index (χ2v) is 4.76. The second kappa shape index (κ2) is 8.98. The molecular formula is C16H27NO. The van der Waals surface area contributed by atoms with Crippen LogP contribution in [-0.4, -0.2) is 19.2 Å². The van der Waals surface area contributed by atoms with Crippen LogP contribution in [0, 0.1) is 5.92 Å². The molecule has 1 N–H and O–H groups in total. The predicted octanol–water partition coefficient (Wildman–Crippen LogP) is 3.87. The van der Waals surface area contributed by atoms with E-state index in [9.17, 15) is 0 Å². The zero-order valence-corrected chi connectivity index (χ0v) is 12.0. The summed E-state index contributed by atoms with van der Waals surface area (Å²) < 4.78 is 5.89. The van der Waals surface area contributed by atoms with E-state index in [0.717, 1.165) is 18.9 Å². The summed E-state index contributed by atoms with van der Waals surface area (Å²) in [6, 6.07) is 10.5. The van der Waals surface area contributed by atoms with E-state index < -0.39 is 0 Å². The molecule has 0 aromatic heterocycles. The van der Waals surface area contributed by atoms with Gasteiger partial charge in [0.2, 0.25) is 0 Å².